The van der Waals surface area contributed by atoms with E-state index in [1.165, 1.54) is 218 Å². The molecule has 0 bridgehead atoms. The molecule has 1 atom stereocenters. The summed E-state index contributed by atoms with van der Waals surface area (Å²) in [5.41, 5.74) is 0. The van der Waals surface area contributed by atoms with Crippen LogP contribution in [0.5, 0.6) is 0 Å². The van der Waals surface area contributed by atoms with E-state index >= 15 is 0 Å². The molecular formula is C67H124O6. The number of carbonyl (C=O) groups excluding carboxylic acids is 3. The van der Waals surface area contributed by atoms with Crippen LogP contribution in [0.25, 0.3) is 0 Å². The summed E-state index contributed by atoms with van der Waals surface area (Å²) in [5.74, 6) is -0.884. The lowest BCUT2D eigenvalue weighted by Crippen LogP contribution is -2.30. The first-order valence-corrected chi connectivity index (χ1v) is 32.5. The second-order valence-corrected chi connectivity index (χ2v) is 22.0. The van der Waals surface area contributed by atoms with E-state index in [1.807, 2.05) is 0 Å². The van der Waals surface area contributed by atoms with Crippen LogP contribution in [0.4, 0.5) is 0 Å². The van der Waals surface area contributed by atoms with Crippen LogP contribution in [-0.4, -0.2) is 37.2 Å². The van der Waals surface area contributed by atoms with Crippen molar-refractivity contribution >= 4 is 17.9 Å². The first kappa shape index (κ1) is 70.6. The molecule has 0 aromatic rings. The van der Waals surface area contributed by atoms with Crippen LogP contribution in [0.2, 0.25) is 0 Å². The van der Waals surface area contributed by atoms with Gasteiger partial charge in [0.05, 0.1) is 0 Å². The van der Waals surface area contributed by atoms with Gasteiger partial charge in [0.2, 0.25) is 0 Å². The number of allylic oxidation sites excluding steroid dienone is 6. The van der Waals surface area contributed by atoms with E-state index in [2.05, 4.69) is 57.2 Å². The van der Waals surface area contributed by atoms with Gasteiger partial charge in [-0.15, -0.1) is 0 Å². The zero-order valence-corrected chi connectivity index (χ0v) is 49.2. The van der Waals surface area contributed by atoms with Crippen LogP contribution in [0, 0.1) is 0 Å². The van der Waals surface area contributed by atoms with E-state index in [9.17, 15) is 14.4 Å². The van der Waals surface area contributed by atoms with E-state index in [0.29, 0.717) is 19.3 Å². The molecule has 0 heterocycles. The third-order valence-corrected chi connectivity index (χ3v) is 14.6. The zero-order chi connectivity index (χ0) is 52.9. The molecule has 0 aliphatic heterocycles. The summed E-state index contributed by atoms with van der Waals surface area (Å²) in [5, 5.41) is 0. The van der Waals surface area contributed by atoms with Crippen LogP contribution in [0.15, 0.2) is 36.5 Å². The van der Waals surface area contributed by atoms with Gasteiger partial charge < -0.3 is 14.2 Å². The molecule has 0 fully saturated rings. The highest BCUT2D eigenvalue weighted by atomic mass is 16.6. The molecule has 0 saturated heterocycles. The molecule has 6 heteroatoms. The molecule has 0 spiro atoms. The van der Waals surface area contributed by atoms with Gasteiger partial charge in [0.1, 0.15) is 13.2 Å². The van der Waals surface area contributed by atoms with Crippen molar-refractivity contribution in [3.8, 4) is 0 Å². The molecule has 0 radical (unpaired) electrons. The maximum absolute atomic E-state index is 12.8. The van der Waals surface area contributed by atoms with Gasteiger partial charge in [0, 0.05) is 19.3 Å². The predicted molar refractivity (Wildman–Crippen MR) is 316 cm³/mol. The average Bonchev–Trinajstić information content (AvgIpc) is 3.39. The van der Waals surface area contributed by atoms with Crippen molar-refractivity contribution < 1.29 is 28.6 Å². The maximum Gasteiger partial charge on any atom is 0.306 e. The number of rotatable bonds is 60. The lowest BCUT2D eigenvalue weighted by Gasteiger charge is -2.18. The number of esters is 3. The molecule has 0 aromatic heterocycles. The second kappa shape index (κ2) is 62.2. The summed E-state index contributed by atoms with van der Waals surface area (Å²) in [4.78, 5) is 38.1. The van der Waals surface area contributed by atoms with E-state index in [-0.39, 0.29) is 31.1 Å². The number of hydrogen-bond donors (Lipinski definition) is 0. The summed E-state index contributed by atoms with van der Waals surface area (Å²) in [6.45, 7) is 6.58. The molecule has 0 saturated carbocycles. The third-order valence-electron chi connectivity index (χ3n) is 14.6. The van der Waals surface area contributed by atoms with Gasteiger partial charge in [0.15, 0.2) is 6.10 Å². The molecule has 0 aliphatic carbocycles. The highest BCUT2D eigenvalue weighted by molar-refractivity contribution is 5.71. The molecule has 73 heavy (non-hydrogen) atoms. The van der Waals surface area contributed by atoms with E-state index in [4.69, 9.17) is 14.2 Å². The van der Waals surface area contributed by atoms with Gasteiger partial charge in [-0.1, -0.05) is 301 Å². The molecule has 0 amide bonds. The normalized spacial score (nSPS) is 12.2. The second-order valence-electron chi connectivity index (χ2n) is 22.0. The number of ether oxygens (including phenoxy) is 3. The van der Waals surface area contributed by atoms with Gasteiger partial charge in [-0.3, -0.25) is 14.4 Å². The maximum atomic E-state index is 12.8. The fourth-order valence-corrected chi connectivity index (χ4v) is 9.71. The van der Waals surface area contributed by atoms with E-state index in [0.717, 1.165) is 96.3 Å². The molecule has 0 aromatic carbocycles. The van der Waals surface area contributed by atoms with Crippen LogP contribution < -0.4 is 0 Å². The van der Waals surface area contributed by atoms with Gasteiger partial charge >= 0.3 is 17.9 Å². The van der Waals surface area contributed by atoms with Crippen molar-refractivity contribution in [2.24, 2.45) is 0 Å². The minimum atomic E-state index is -0.780. The fourth-order valence-electron chi connectivity index (χ4n) is 9.71. The minimum absolute atomic E-state index is 0.0771. The van der Waals surface area contributed by atoms with Crippen molar-refractivity contribution in [2.75, 3.05) is 13.2 Å². The Morgan fingerprint density at radius 3 is 0.849 bits per heavy atom. The van der Waals surface area contributed by atoms with Crippen molar-refractivity contribution in [1.82, 2.24) is 0 Å². The van der Waals surface area contributed by atoms with Crippen molar-refractivity contribution in [1.29, 1.82) is 0 Å². The molecule has 0 N–H and O–H groups in total. The molecular weight excluding hydrogens is 901 g/mol. The first-order valence-electron chi connectivity index (χ1n) is 32.5. The zero-order valence-electron chi connectivity index (χ0n) is 49.2. The summed E-state index contributed by atoms with van der Waals surface area (Å²) in [6, 6.07) is 0. The minimum Gasteiger partial charge on any atom is -0.462 e. The Bertz CT molecular complexity index is 1220. The average molecular weight is 1030 g/mol. The summed E-state index contributed by atoms with van der Waals surface area (Å²) in [6.07, 6.45) is 76.1. The lowest BCUT2D eigenvalue weighted by molar-refractivity contribution is -0.167. The Hall–Kier alpha value is -2.37. The number of carbonyl (C=O) groups is 3. The van der Waals surface area contributed by atoms with Crippen molar-refractivity contribution in [2.45, 2.75) is 361 Å². The van der Waals surface area contributed by atoms with Gasteiger partial charge in [-0.05, 0) is 70.6 Å². The SMILES string of the molecule is CCC/C=C\CCCCCCCC(=O)OCC(COC(=O)CCCCCCCCCCCCCCCCCCCCCCCCCCCCCCCC)OC(=O)CCCCCCC/C=C\C/C=C\CCCCC. The lowest BCUT2D eigenvalue weighted by atomic mass is 10.0. The Balaban J connectivity index is 4.07. The van der Waals surface area contributed by atoms with Crippen LogP contribution >= 0.6 is 0 Å². The molecule has 1 unspecified atom stereocenters. The van der Waals surface area contributed by atoms with Crippen LogP contribution in [0.1, 0.15) is 355 Å². The van der Waals surface area contributed by atoms with Gasteiger partial charge in [-0.2, -0.15) is 0 Å². The highest BCUT2D eigenvalue weighted by Crippen LogP contribution is 2.18. The predicted octanol–water partition coefficient (Wildman–Crippen LogP) is 22.0. The monoisotopic (exact) mass is 1020 g/mol. The van der Waals surface area contributed by atoms with Crippen molar-refractivity contribution in [3.63, 3.8) is 0 Å². The molecule has 0 aliphatic rings. The van der Waals surface area contributed by atoms with Gasteiger partial charge in [0.25, 0.3) is 0 Å². The fraction of sp³-hybridized carbons (Fsp3) is 0.866. The van der Waals surface area contributed by atoms with Gasteiger partial charge in [-0.25, -0.2) is 0 Å². The standard InChI is InChI=1S/C67H124O6/c1-4-7-10-13-16-19-22-24-26-27-28-29-30-31-32-33-34-35-36-37-38-39-40-42-43-45-48-51-54-57-60-66(69)72-63-64(62-71-65(68)59-56-53-50-47-21-18-15-12-9-6-3)73-67(70)61-58-55-52-49-46-44-41-25-23-20-17-14-11-8-5-2/h12,15,17,20,25,41,64H,4-11,13-14,16,18-19,21-24,26-40,42-63H2,1-3H3/b15-12-,20-17-,41-25-. The smallest absolute Gasteiger partial charge is 0.306 e. The van der Waals surface area contributed by atoms with Crippen molar-refractivity contribution in [3.05, 3.63) is 36.5 Å². The Kier molecular flexibility index (Phi) is 60.2. The van der Waals surface area contributed by atoms with Crippen LogP contribution in [0.3, 0.4) is 0 Å². The number of unbranched alkanes of at least 4 members (excludes halogenated alkanes) is 43. The Morgan fingerprint density at radius 1 is 0.274 bits per heavy atom. The van der Waals surface area contributed by atoms with E-state index < -0.39 is 6.10 Å². The molecule has 6 nitrogen and oxygen atoms in total. The third kappa shape index (κ3) is 60.4. The largest absolute Gasteiger partial charge is 0.462 e. The topological polar surface area (TPSA) is 78.9 Å². The quantitative estimate of drug-likeness (QED) is 0.0261. The molecule has 0 rings (SSSR count). The summed E-state index contributed by atoms with van der Waals surface area (Å²) >= 11 is 0. The highest BCUT2D eigenvalue weighted by Gasteiger charge is 2.19. The number of hydrogen-bond acceptors (Lipinski definition) is 6. The first-order chi connectivity index (χ1) is 36.0. The summed E-state index contributed by atoms with van der Waals surface area (Å²) < 4.78 is 16.9. The Morgan fingerprint density at radius 2 is 0.521 bits per heavy atom. The van der Waals surface area contributed by atoms with Crippen LogP contribution in [-0.2, 0) is 28.6 Å². The Labute approximate surface area is 455 Å². The summed E-state index contributed by atoms with van der Waals surface area (Å²) in [7, 11) is 0. The molecule has 428 valence electrons. The van der Waals surface area contributed by atoms with E-state index in [1.54, 1.807) is 0 Å².